The lowest BCUT2D eigenvalue weighted by atomic mass is 10.2. The predicted molar refractivity (Wildman–Crippen MR) is 102 cm³/mol. The van der Waals surface area contributed by atoms with Crippen LogP contribution in [-0.2, 0) is 4.79 Å². The van der Waals surface area contributed by atoms with Crippen LogP contribution in [0.15, 0.2) is 67.5 Å². The second kappa shape index (κ2) is 7.84. The van der Waals surface area contributed by atoms with Crippen LogP contribution in [-0.4, -0.2) is 21.6 Å². The Hall–Kier alpha value is -3.45. The Kier molecular flexibility index (Phi) is 5.33. The lowest BCUT2D eigenvalue weighted by Gasteiger charge is -2.08. The first kappa shape index (κ1) is 18.3. The van der Waals surface area contributed by atoms with Gasteiger partial charge in [0.1, 0.15) is 5.82 Å². The largest absolute Gasteiger partial charge is 0.322 e. The molecule has 27 heavy (non-hydrogen) atoms. The second-order valence-electron chi connectivity index (χ2n) is 5.47. The summed E-state index contributed by atoms with van der Waals surface area (Å²) in [6, 6.07) is 10.9. The molecule has 0 fully saturated rings. The zero-order valence-electron chi connectivity index (χ0n) is 13.9. The molecule has 136 valence electrons. The number of rotatable bonds is 5. The quantitative estimate of drug-likeness (QED) is 0.652. The summed E-state index contributed by atoms with van der Waals surface area (Å²) >= 11 is 6.12. The normalized spacial score (nSPS) is 10.3. The number of amides is 2. The number of nitrogens with zero attached hydrogens (tertiary/aromatic N) is 2. The molecule has 3 rings (SSSR count). The molecule has 0 aliphatic rings. The molecule has 6 nitrogen and oxygen atoms in total. The van der Waals surface area contributed by atoms with Gasteiger partial charge in [-0.2, -0.15) is 5.10 Å². The van der Waals surface area contributed by atoms with E-state index in [0.717, 1.165) is 12.1 Å². The highest BCUT2D eigenvalue weighted by atomic mass is 35.5. The minimum atomic E-state index is -0.630. The third kappa shape index (κ3) is 4.21. The van der Waals surface area contributed by atoms with Gasteiger partial charge in [-0.3, -0.25) is 9.59 Å². The third-order valence-corrected chi connectivity index (χ3v) is 3.93. The topological polar surface area (TPSA) is 76.0 Å². The highest BCUT2D eigenvalue weighted by Crippen LogP contribution is 2.22. The van der Waals surface area contributed by atoms with Gasteiger partial charge in [-0.05, 0) is 36.4 Å². The van der Waals surface area contributed by atoms with Crippen LogP contribution in [0.4, 0.5) is 15.8 Å². The van der Waals surface area contributed by atoms with Crippen molar-refractivity contribution in [1.82, 2.24) is 9.78 Å². The van der Waals surface area contributed by atoms with Gasteiger partial charge in [0.05, 0.1) is 28.2 Å². The van der Waals surface area contributed by atoms with Crippen LogP contribution in [0.5, 0.6) is 0 Å². The van der Waals surface area contributed by atoms with Crippen LogP contribution in [0, 0.1) is 5.82 Å². The van der Waals surface area contributed by atoms with E-state index in [1.54, 1.807) is 24.3 Å². The summed E-state index contributed by atoms with van der Waals surface area (Å²) in [4.78, 5) is 23.8. The Morgan fingerprint density at radius 3 is 2.70 bits per heavy atom. The molecule has 2 amide bonds. The molecule has 0 aliphatic carbocycles. The predicted octanol–water partition coefficient (Wildman–Crippen LogP) is 4.04. The molecule has 8 heteroatoms. The average Bonchev–Trinajstić information content (AvgIpc) is 3.14. The van der Waals surface area contributed by atoms with E-state index in [9.17, 15) is 14.0 Å². The third-order valence-electron chi connectivity index (χ3n) is 3.61. The summed E-state index contributed by atoms with van der Waals surface area (Å²) in [5, 5.41) is 9.59. The Morgan fingerprint density at radius 1 is 1.19 bits per heavy atom. The monoisotopic (exact) mass is 384 g/mol. The number of nitrogens with one attached hydrogen (secondary N) is 2. The van der Waals surface area contributed by atoms with E-state index in [4.69, 9.17) is 11.6 Å². The fourth-order valence-corrected chi connectivity index (χ4v) is 2.52. The minimum absolute atomic E-state index is 0.0653. The maximum atomic E-state index is 13.8. The molecule has 0 bridgehead atoms. The highest BCUT2D eigenvalue weighted by Gasteiger charge is 2.13. The van der Waals surface area contributed by atoms with Gasteiger partial charge in [0.25, 0.3) is 5.91 Å². The summed E-state index contributed by atoms with van der Waals surface area (Å²) in [7, 11) is 0. The van der Waals surface area contributed by atoms with Gasteiger partial charge in [0, 0.05) is 11.9 Å². The number of para-hydroxylation sites is 1. The average molecular weight is 385 g/mol. The maximum absolute atomic E-state index is 13.8. The number of carbonyl (C=O) groups excluding carboxylic acids is 2. The van der Waals surface area contributed by atoms with Gasteiger partial charge in [-0.15, -0.1) is 0 Å². The molecule has 0 saturated carbocycles. The molecule has 0 atom stereocenters. The van der Waals surface area contributed by atoms with Crippen molar-refractivity contribution in [1.29, 1.82) is 0 Å². The number of halogens is 2. The first-order valence-corrected chi connectivity index (χ1v) is 8.19. The van der Waals surface area contributed by atoms with Crippen molar-refractivity contribution >= 4 is 34.8 Å². The molecule has 0 saturated heterocycles. The number of aromatic nitrogens is 2. The number of hydrogen-bond acceptors (Lipinski definition) is 3. The number of hydrogen-bond donors (Lipinski definition) is 2. The summed E-state index contributed by atoms with van der Waals surface area (Å²) in [6.45, 7) is 3.31. The Bertz CT molecular complexity index is 1030. The van der Waals surface area contributed by atoms with Gasteiger partial charge in [0.2, 0.25) is 5.91 Å². The zero-order chi connectivity index (χ0) is 19.4. The van der Waals surface area contributed by atoms with Crippen molar-refractivity contribution in [2.45, 2.75) is 0 Å². The van der Waals surface area contributed by atoms with Gasteiger partial charge in [-0.25, -0.2) is 9.07 Å². The number of benzene rings is 2. The van der Waals surface area contributed by atoms with E-state index in [2.05, 4.69) is 22.3 Å². The van der Waals surface area contributed by atoms with Gasteiger partial charge in [0.15, 0.2) is 0 Å². The summed E-state index contributed by atoms with van der Waals surface area (Å²) in [5.74, 6) is -1.63. The van der Waals surface area contributed by atoms with Gasteiger partial charge >= 0.3 is 0 Å². The molecule has 1 aromatic heterocycles. The van der Waals surface area contributed by atoms with E-state index in [0.29, 0.717) is 16.4 Å². The Labute approximate surface area is 159 Å². The zero-order valence-corrected chi connectivity index (χ0v) is 14.7. The first-order valence-electron chi connectivity index (χ1n) is 7.82. The minimum Gasteiger partial charge on any atom is -0.322 e. The van der Waals surface area contributed by atoms with E-state index in [1.165, 1.54) is 29.2 Å². The van der Waals surface area contributed by atoms with Crippen LogP contribution in [0.25, 0.3) is 5.69 Å². The van der Waals surface area contributed by atoms with E-state index in [-0.39, 0.29) is 11.3 Å². The Balaban J connectivity index is 1.78. The molecule has 2 aromatic carbocycles. The number of anilines is 2. The SMILES string of the molecule is C=CC(=O)Nc1cc(NC(=O)c2cnn(-c3ccccc3Cl)c2)ccc1F. The van der Waals surface area contributed by atoms with Gasteiger partial charge < -0.3 is 10.6 Å². The van der Waals surface area contributed by atoms with Crippen LogP contribution in [0.1, 0.15) is 10.4 Å². The second-order valence-corrected chi connectivity index (χ2v) is 5.87. The standard InChI is InChI=1S/C19H14ClFN4O2/c1-2-18(26)24-16-9-13(7-8-15(16)21)23-19(27)12-10-22-25(11-12)17-6-4-3-5-14(17)20/h2-11H,1H2,(H,23,27)(H,24,26). The Morgan fingerprint density at radius 2 is 1.96 bits per heavy atom. The molecule has 0 spiro atoms. The molecular weight excluding hydrogens is 371 g/mol. The van der Waals surface area contributed by atoms with Crippen LogP contribution in [0.2, 0.25) is 5.02 Å². The van der Waals surface area contributed by atoms with Crippen LogP contribution < -0.4 is 10.6 Å². The maximum Gasteiger partial charge on any atom is 0.258 e. The molecular formula is C19H14ClFN4O2. The van der Waals surface area contributed by atoms with Crippen molar-refractivity contribution < 1.29 is 14.0 Å². The van der Waals surface area contributed by atoms with Crippen molar-refractivity contribution in [3.8, 4) is 5.69 Å². The molecule has 3 aromatic rings. The number of carbonyl (C=O) groups is 2. The molecule has 0 unspecified atom stereocenters. The molecule has 0 aliphatic heterocycles. The van der Waals surface area contributed by atoms with Crippen LogP contribution >= 0.6 is 11.6 Å². The molecule has 1 heterocycles. The summed E-state index contributed by atoms with van der Waals surface area (Å²) in [6.07, 6.45) is 3.94. The molecule has 0 radical (unpaired) electrons. The van der Waals surface area contributed by atoms with E-state index in [1.807, 2.05) is 0 Å². The van der Waals surface area contributed by atoms with Crippen molar-refractivity contribution in [2.24, 2.45) is 0 Å². The van der Waals surface area contributed by atoms with Crippen molar-refractivity contribution in [3.63, 3.8) is 0 Å². The van der Waals surface area contributed by atoms with Crippen molar-refractivity contribution in [2.75, 3.05) is 10.6 Å². The highest BCUT2D eigenvalue weighted by molar-refractivity contribution is 6.32. The summed E-state index contributed by atoms with van der Waals surface area (Å²) in [5.41, 5.74) is 1.17. The van der Waals surface area contributed by atoms with E-state index < -0.39 is 17.6 Å². The molecule has 2 N–H and O–H groups in total. The lowest BCUT2D eigenvalue weighted by molar-refractivity contribution is -0.111. The fourth-order valence-electron chi connectivity index (χ4n) is 2.30. The lowest BCUT2D eigenvalue weighted by Crippen LogP contribution is -2.13. The fraction of sp³-hybridized carbons (Fsp3) is 0. The van der Waals surface area contributed by atoms with E-state index >= 15 is 0 Å². The summed E-state index contributed by atoms with van der Waals surface area (Å²) < 4.78 is 15.3. The first-order chi connectivity index (χ1) is 13.0. The van der Waals surface area contributed by atoms with Gasteiger partial charge in [-0.1, -0.05) is 30.3 Å². The van der Waals surface area contributed by atoms with Crippen molar-refractivity contribution in [3.05, 3.63) is 83.9 Å². The smallest absolute Gasteiger partial charge is 0.258 e. The van der Waals surface area contributed by atoms with Crippen LogP contribution in [0.3, 0.4) is 0 Å².